The van der Waals surface area contributed by atoms with Crippen LogP contribution in [-0.4, -0.2) is 108 Å². The third-order valence-corrected chi connectivity index (χ3v) is 9.53. The Hall–Kier alpha value is -2.25. The molecule has 1 N–H and O–H groups in total. The van der Waals surface area contributed by atoms with E-state index in [1.807, 2.05) is 30.1 Å². The van der Waals surface area contributed by atoms with E-state index in [9.17, 15) is 8.42 Å². The van der Waals surface area contributed by atoms with Gasteiger partial charge >= 0.3 is 0 Å². The Bertz CT molecular complexity index is 1330. The first-order chi connectivity index (χ1) is 17.0. The van der Waals surface area contributed by atoms with Crippen LogP contribution in [0.5, 0.6) is 0 Å². The van der Waals surface area contributed by atoms with Crippen molar-refractivity contribution in [3.8, 4) is 11.4 Å². The van der Waals surface area contributed by atoms with Crippen LogP contribution in [0.25, 0.3) is 22.3 Å². The second kappa shape index (κ2) is 9.32. The maximum Gasteiger partial charge on any atom is 0.211 e. The molecule has 2 fully saturated rings. The molecule has 3 aliphatic heterocycles. The summed E-state index contributed by atoms with van der Waals surface area (Å²) in [5.41, 5.74) is 3.06. The van der Waals surface area contributed by atoms with Crippen molar-refractivity contribution in [3.05, 3.63) is 30.1 Å². The van der Waals surface area contributed by atoms with E-state index in [1.54, 1.807) is 4.31 Å². The summed E-state index contributed by atoms with van der Waals surface area (Å²) in [6.07, 6.45) is 4.00. The lowest BCUT2D eigenvalue weighted by Crippen LogP contribution is -2.49. The van der Waals surface area contributed by atoms with Gasteiger partial charge in [-0.25, -0.2) is 18.4 Å². The average Bonchev–Trinajstić information content (AvgIpc) is 3.50. The van der Waals surface area contributed by atoms with Crippen molar-refractivity contribution in [2.75, 3.05) is 70.2 Å². The van der Waals surface area contributed by atoms with Gasteiger partial charge in [0.2, 0.25) is 10.0 Å². The van der Waals surface area contributed by atoms with Crippen molar-refractivity contribution < 1.29 is 13.2 Å². The Balaban J connectivity index is 1.27. The SMILES string of the molecule is CS(=O)(=O)N1CCN(CC2Cc3nc(-c4cccc5[nH]ncc45)nc(N4CCOCC4)c3S2)CC1. The summed E-state index contributed by atoms with van der Waals surface area (Å²) in [4.78, 5) is 16.0. The number of thioether (sulfide) groups is 1. The van der Waals surface area contributed by atoms with Crippen molar-refractivity contribution in [3.63, 3.8) is 0 Å². The third-order valence-electron chi connectivity index (χ3n) is 6.92. The Kier molecular flexibility index (Phi) is 6.17. The lowest BCUT2D eigenvalue weighted by Gasteiger charge is -2.34. The number of piperazine rings is 1. The first-order valence-electron chi connectivity index (χ1n) is 12.0. The van der Waals surface area contributed by atoms with Crippen LogP contribution < -0.4 is 4.90 Å². The fourth-order valence-corrected chi connectivity index (χ4v) is 7.31. The van der Waals surface area contributed by atoms with Gasteiger partial charge in [-0.2, -0.15) is 9.40 Å². The summed E-state index contributed by atoms with van der Waals surface area (Å²) in [5, 5.41) is 8.64. The van der Waals surface area contributed by atoms with E-state index in [0.717, 1.165) is 72.9 Å². The van der Waals surface area contributed by atoms with Crippen molar-refractivity contribution in [2.45, 2.75) is 16.6 Å². The van der Waals surface area contributed by atoms with E-state index >= 15 is 0 Å². The highest BCUT2D eigenvalue weighted by molar-refractivity contribution is 8.00. The summed E-state index contributed by atoms with van der Waals surface area (Å²) in [7, 11) is -3.12. The molecule has 0 amide bonds. The number of hydrogen-bond acceptors (Lipinski definition) is 9. The molecule has 186 valence electrons. The molecule has 0 saturated carbocycles. The lowest BCUT2D eigenvalue weighted by atomic mass is 10.1. The minimum atomic E-state index is -3.12. The zero-order chi connectivity index (χ0) is 24.0. The number of morpholine rings is 1. The maximum absolute atomic E-state index is 11.9. The highest BCUT2D eigenvalue weighted by Gasteiger charge is 2.33. The number of H-pyrrole nitrogens is 1. The first kappa shape index (κ1) is 23.2. The molecule has 1 atom stereocenters. The van der Waals surface area contributed by atoms with E-state index in [0.29, 0.717) is 31.6 Å². The average molecular weight is 516 g/mol. The standard InChI is InChI=1S/C23H29N7O3S2/c1-35(31,32)30-7-5-28(6-8-30)15-16-13-20-21(34-16)23(29-9-11-33-12-10-29)26-22(25-20)17-3-2-4-19-18(17)14-24-27-19/h2-4,14,16H,5-13,15H2,1H3,(H,24,27). The van der Waals surface area contributed by atoms with Gasteiger partial charge in [0.25, 0.3) is 0 Å². The van der Waals surface area contributed by atoms with Gasteiger partial charge in [-0.1, -0.05) is 12.1 Å². The Morgan fingerprint density at radius 1 is 1.11 bits per heavy atom. The second-order valence-electron chi connectivity index (χ2n) is 9.29. The molecule has 0 spiro atoms. The van der Waals surface area contributed by atoms with Crippen molar-refractivity contribution in [2.24, 2.45) is 0 Å². The number of anilines is 1. The van der Waals surface area contributed by atoms with E-state index in [-0.39, 0.29) is 0 Å². The molecule has 0 radical (unpaired) electrons. The van der Waals surface area contributed by atoms with E-state index in [2.05, 4.69) is 26.1 Å². The third kappa shape index (κ3) is 4.65. The largest absolute Gasteiger partial charge is 0.378 e. The maximum atomic E-state index is 11.9. The van der Waals surface area contributed by atoms with E-state index in [1.165, 1.54) is 11.2 Å². The van der Waals surface area contributed by atoms with Crippen LogP contribution in [0, 0.1) is 0 Å². The molecule has 2 saturated heterocycles. The van der Waals surface area contributed by atoms with Gasteiger partial charge in [-0.3, -0.25) is 10.00 Å². The minimum absolute atomic E-state index is 0.365. The number of nitrogens with one attached hydrogen (secondary N) is 1. The molecule has 3 aliphatic rings. The monoisotopic (exact) mass is 515 g/mol. The summed E-state index contributed by atoms with van der Waals surface area (Å²) in [6, 6.07) is 6.08. The number of hydrogen-bond donors (Lipinski definition) is 1. The summed E-state index contributed by atoms with van der Waals surface area (Å²) >= 11 is 1.87. The molecule has 1 unspecified atom stereocenters. The van der Waals surface area contributed by atoms with Gasteiger partial charge in [0.05, 0.1) is 41.8 Å². The quantitative estimate of drug-likeness (QED) is 0.540. The van der Waals surface area contributed by atoms with Crippen LogP contribution in [0.2, 0.25) is 0 Å². The minimum Gasteiger partial charge on any atom is -0.378 e. The molecule has 0 bridgehead atoms. The lowest BCUT2D eigenvalue weighted by molar-refractivity contribution is 0.122. The first-order valence-corrected chi connectivity index (χ1v) is 14.7. The van der Waals surface area contributed by atoms with Crippen LogP contribution in [0.4, 0.5) is 5.82 Å². The van der Waals surface area contributed by atoms with Gasteiger partial charge in [-0.15, -0.1) is 11.8 Å². The molecule has 6 rings (SSSR count). The normalized spacial score (nSPS) is 22.1. The number of ether oxygens (including phenoxy) is 1. The molecule has 35 heavy (non-hydrogen) atoms. The van der Waals surface area contributed by atoms with Gasteiger partial charge < -0.3 is 9.64 Å². The van der Waals surface area contributed by atoms with Crippen LogP contribution >= 0.6 is 11.8 Å². The Morgan fingerprint density at radius 3 is 2.69 bits per heavy atom. The summed E-state index contributed by atoms with van der Waals surface area (Å²) < 4.78 is 30.9. The van der Waals surface area contributed by atoms with Gasteiger partial charge in [0.1, 0.15) is 5.82 Å². The van der Waals surface area contributed by atoms with Crippen LogP contribution in [-0.2, 0) is 21.2 Å². The predicted molar refractivity (Wildman–Crippen MR) is 136 cm³/mol. The number of aromatic amines is 1. The number of benzene rings is 1. The van der Waals surface area contributed by atoms with Crippen molar-refractivity contribution >= 4 is 38.5 Å². The molecule has 3 aromatic rings. The zero-order valence-corrected chi connectivity index (χ0v) is 21.3. The molecular weight excluding hydrogens is 486 g/mol. The topological polar surface area (TPSA) is 108 Å². The number of rotatable bonds is 5. The van der Waals surface area contributed by atoms with Crippen molar-refractivity contribution in [1.82, 2.24) is 29.4 Å². The van der Waals surface area contributed by atoms with Crippen LogP contribution in [0.3, 0.4) is 0 Å². The smallest absolute Gasteiger partial charge is 0.211 e. The fraction of sp³-hybridized carbons (Fsp3) is 0.522. The molecule has 2 aromatic heterocycles. The Labute approximate surface area is 209 Å². The summed E-state index contributed by atoms with van der Waals surface area (Å²) in [5.74, 6) is 1.74. The molecule has 5 heterocycles. The molecule has 12 heteroatoms. The molecular formula is C23H29N7O3S2. The van der Waals surface area contributed by atoms with Crippen LogP contribution in [0.15, 0.2) is 29.3 Å². The molecule has 10 nitrogen and oxygen atoms in total. The van der Waals surface area contributed by atoms with E-state index in [4.69, 9.17) is 14.7 Å². The molecule has 0 aliphatic carbocycles. The Morgan fingerprint density at radius 2 is 1.91 bits per heavy atom. The number of aromatic nitrogens is 4. The van der Waals surface area contributed by atoms with Crippen LogP contribution in [0.1, 0.15) is 5.69 Å². The number of sulfonamides is 1. The fourth-order valence-electron chi connectivity index (χ4n) is 5.07. The highest BCUT2D eigenvalue weighted by Crippen LogP contribution is 2.43. The van der Waals surface area contributed by atoms with Gasteiger partial charge in [-0.05, 0) is 6.07 Å². The number of fused-ring (bicyclic) bond motifs is 2. The van der Waals surface area contributed by atoms with E-state index < -0.39 is 10.0 Å². The molecule has 1 aromatic carbocycles. The van der Waals surface area contributed by atoms with Gasteiger partial charge in [0.15, 0.2) is 5.82 Å². The predicted octanol–water partition coefficient (Wildman–Crippen LogP) is 1.45. The number of nitrogens with zero attached hydrogens (tertiary/aromatic N) is 6. The van der Waals surface area contributed by atoms with Crippen molar-refractivity contribution in [1.29, 1.82) is 0 Å². The zero-order valence-electron chi connectivity index (χ0n) is 19.7. The van der Waals surface area contributed by atoms with Gasteiger partial charge in [0, 0.05) is 68.4 Å². The highest BCUT2D eigenvalue weighted by atomic mass is 32.2. The summed E-state index contributed by atoms with van der Waals surface area (Å²) in [6.45, 7) is 6.57. The second-order valence-corrected chi connectivity index (χ2v) is 12.6.